The highest BCUT2D eigenvalue weighted by atomic mass is 16.5. The second kappa shape index (κ2) is 5.48. The number of amides is 1. The van der Waals surface area contributed by atoms with Crippen LogP contribution in [0.15, 0.2) is 24.3 Å². The Balaban J connectivity index is 2.14. The quantitative estimate of drug-likeness (QED) is 0.852. The molecule has 1 amide bonds. The number of benzene rings is 1. The first-order chi connectivity index (χ1) is 9.05. The second-order valence-corrected chi connectivity index (χ2v) is 5.10. The molecule has 1 aliphatic heterocycles. The van der Waals surface area contributed by atoms with Crippen LogP contribution < -0.4 is 15.8 Å². The molecule has 1 fully saturated rings. The van der Waals surface area contributed by atoms with Crippen molar-refractivity contribution in [2.24, 2.45) is 5.73 Å². The van der Waals surface area contributed by atoms with Crippen molar-refractivity contribution in [2.75, 3.05) is 32.6 Å². The van der Waals surface area contributed by atoms with Crippen molar-refractivity contribution in [3.63, 3.8) is 0 Å². The molecule has 19 heavy (non-hydrogen) atoms. The lowest BCUT2D eigenvalue weighted by atomic mass is 9.86. The summed E-state index contributed by atoms with van der Waals surface area (Å²) in [6.45, 7) is 1.73. The first-order valence-electron chi connectivity index (χ1n) is 6.46. The van der Waals surface area contributed by atoms with E-state index in [1.807, 2.05) is 24.3 Å². The minimum Gasteiger partial charge on any atom is -0.497 e. The summed E-state index contributed by atoms with van der Waals surface area (Å²) in [5.41, 5.74) is 5.86. The van der Waals surface area contributed by atoms with E-state index >= 15 is 0 Å². The minimum absolute atomic E-state index is 0.281. The second-order valence-electron chi connectivity index (χ2n) is 5.10. The number of ether oxygens (including phenoxy) is 1. The molecule has 2 rings (SSSR count). The molecular weight excluding hydrogens is 242 g/mol. The summed E-state index contributed by atoms with van der Waals surface area (Å²) >= 11 is 0. The van der Waals surface area contributed by atoms with E-state index in [9.17, 15) is 4.79 Å². The summed E-state index contributed by atoms with van der Waals surface area (Å²) in [4.78, 5) is 14.0. The lowest BCUT2D eigenvalue weighted by molar-refractivity contribution is -0.123. The molecule has 0 saturated carbocycles. The van der Waals surface area contributed by atoms with Gasteiger partial charge in [-0.2, -0.15) is 0 Å². The number of methoxy groups -OCH3 is 1. The molecule has 0 spiro atoms. The molecule has 1 aromatic rings. The summed E-state index contributed by atoms with van der Waals surface area (Å²) in [7, 11) is 3.68. The molecule has 1 aliphatic rings. The third kappa shape index (κ3) is 2.98. The van der Waals surface area contributed by atoms with E-state index in [1.165, 1.54) is 0 Å². The van der Waals surface area contributed by atoms with Crippen LogP contribution in [0.5, 0.6) is 5.75 Å². The fraction of sp³-hybridized carbons (Fsp3) is 0.500. The van der Waals surface area contributed by atoms with E-state index < -0.39 is 5.54 Å². The largest absolute Gasteiger partial charge is 0.497 e. The van der Waals surface area contributed by atoms with Gasteiger partial charge in [-0.25, -0.2) is 0 Å². The van der Waals surface area contributed by atoms with Crippen LogP contribution in [0.4, 0.5) is 5.69 Å². The monoisotopic (exact) mass is 263 g/mol. The average molecular weight is 263 g/mol. The third-order valence-corrected chi connectivity index (χ3v) is 3.79. The van der Waals surface area contributed by atoms with Crippen molar-refractivity contribution in [3.05, 3.63) is 24.3 Å². The number of piperidine rings is 1. The first-order valence-corrected chi connectivity index (χ1v) is 6.46. The fourth-order valence-electron chi connectivity index (χ4n) is 2.38. The molecule has 1 heterocycles. The van der Waals surface area contributed by atoms with Gasteiger partial charge in [0.1, 0.15) is 11.3 Å². The van der Waals surface area contributed by atoms with Gasteiger partial charge in [-0.3, -0.25) is 4.79 Å². The fourth-order valence-corrected chi connectivity index (χ4v) is 2.38. The zero-order valence-electron chi connectivity index (χ0n) is 11.5. The van der Waals surface area contributed by atoms with Crippen LogP contribution >= 0.6 is 0 Å². The number of likely N-dealkylation sites (tertiary alicyclic amines) is 1. The molecule has 0 aromatic heterocycles. The van der Waals surface area contributed by atoms with Crippen LogP contribution in [-0.2, 0) is 4.79 Å². The molecule has 5 heteroatoms. The lowest BCUT2D eigenvalue weighted by Gasteiger charge is -2.39. The van der Waals surface area contributed by atoms with Gasteiger partial charge >= 0.3 is 0 Å². The predicted molar refractivity (Wildman–Crippen MR) is 75.3 cm³/mol. The first kappa shape index (κ1) is 13.7. The zero-order chi connectivity index (χ0) is 13.9. The number of nitrogens with two attached hydrogens (primary N) is 1. The third-order valence-electron chi connectivity index (χ3n) is 3.79. The van der Waals surface area contributed by atoms with Gasteiger partial charge in [0.15, 0.2) is 0 Å². The van der Waals surface area contributed by atoms with Crippen LogP contribution in [0.1, 0.15) is 12.8 Å². The van der Waals surface area contributed by atoms with Crippen molar-refractivity contribution in [1.29, 1.82) is 0 Å². The average Bonchev–Trinajstić information content (AvgIpc) is 2.42. The Morgan fingerprint density at radius 1 is 1.32 bits per heavy atom. The number of anilines is 1. The van der Waals surface area contributed by atoms with Gasteiger partial charge in [0.2, 0.25) is 5.91 Å². The molecule has 1 saturated heterocycles. The smallest absolute Gasteiger partial charge is 0.243 e. The van der Waals surface area contributed by atoms with Crippen molar-refractivity contribution >= 4 is 11.6 Å². The highest BCUT2D eigenvalue weighted by Gasteiger charge is 2.39. The maximum absolute atomic E-state index is 11.8. The van der Waals surface area contributed by atoms with Gasteiger partial charge in [-0.1, -0.05) is 0 Å². The summed E-state index contributed by atoms with van der Waals surface area (Å²) in [6, 6.07) is 7.54. The Kier molecular flexibility index (Phi) is 3.95. The summed E-state index contributed by atoms with van der Waals surface area (Å²) in [5, 5.41) is 3.31. The molecule has 0 atom stereocenters. The van der Waals surface area contributed by atoms with Crippen molar-refractivity contribution in [3.8, 4) is 5.75 Å². The normalized spacial score (nSPS) is 18.8. The topological polar surface area (TPSA) is 67.6 Å². The molecule has 0 unspecified atom stereocenters. The Bertz CT molecular complexity index is 437. The SMILES string of the molecule is COc1ccc(NC2(C(N)=O)CCN(C)CC2)cc1. The Labute approximate surface area is 113 Å². The standard InChI is InChI=1S/C14H21N3O2/c1-17-9-7-14(8-10-17,13(15)18)16-11-3-5-12(19-2)6-4-11/h3-6,16H,7-10H2,1-2H3,(H2,15,18). The highest BCUT2D eigenvalue weighted by Crippen LogP contribution is 2.27. The van der Waals surface area contributed by atoms with E-state index in [2.05, 4.69) is 17.3 Å². The highest BCUT2D eigenvalue weighted by molar-refractivity contribution is 5.88. The van der Waals surface area contributed by atoms with Crippen molar-refractivity contribution in [1.82, 2.24) is 4.90 Å². The number of nitrogens with one attached hydrogen (secondary N) is 1. The minimum atomic E-state index is -0.638. The maximum Gasteiger partial charge on any atom is 0.243 e. The lowest BCUT2D eigenvalue weighted by Crippen LogP contribution is -2.56. The number of nitrogens with zero attached hydrogens (tertiary/aromatic N) is 1. The van der Waals surface area contributed by atoms with E-state index in [4.69, 9.17) is 10.5 Å². The van der Waals surface area contributed by atoms with E-state index in [-0.39, 0.29) is 5.91 Å². The van der Waals surface area contributed by atoms with Gasteiger partial charge in [-0.05, 0) is 44.2 Å². The molecule has 5 nitrogen and oxygen atoms in total. The number of rotatable bonds is 4. The van der Waals surface area contributed by atoms with Crippen LogP contribution in [0.3, 0.4) is 0 Å². The number of carbonyl (C=O) groups excluding carboxylic acids is 1. The van der Waals surface area contributed by atoms with E-state index in [0.717, 1.165) is 37.4 Å². The number of primary amides is 1. The van der Waals surface area contributed by atoms with Crippen LogP contribution in [-0.4, -0.2) is 43.6 Å². The Hall–Kier alpha value is -1.75. The summed E-state index contributed by atoms with van der Waals surface area (Å²) in [5.74, 6) is 0.512. The molecule has 104 valence electrons. The van der Waals surface area contributed by atoms with Gasteiger partial charge in [0.05, 0.1) is 7.11 Å². The molecular formula is C14H21N3O2. The molecule has 1 aromatic carbocycles. The predicted octanol–water partition coefficient (Wildman–Crippen LogP) is 1.06. The van der Waals surface area contributed by atoms with Gasteiger partial charge < -0.3 is 20.7 Å². The Morgan fingerprint density at radius 2 is 1.89 bits per heavy atom. The van der Waals surface area contributed by atoms with Crippen LogP contribution in [0, 0.1) is 0 Å². The van der Waals surface area contributed by atoms with E-state index in [0.29, 0.717) is 0 Å². The van der Waals surface area contributed by atoms with Gasteiger partial charge in [-0.15, -0.1) is 0 Å². The summed E-state index contributed by atoms with van der Waals surface area (Å²) in [6.07, 6.45) is 1.45. The number of carbonyl (C=O) groups is 1. The number of hydrogen-bond donors (Lipinski definition) is 2. The maximum atomic E-state index is 11.8. The molecule has 3 N–H and O–H groups in total. The molecule has 0 aliphatic carbocycles. The Morgan fingerprint density at radius 3 is 2.37 bits per heavy atom. The van der Waals surface area contributed by atoms with E-state index in [1.54, 1.807) is 7.11 Å². The van der Waals surface area contributed by atoms with Crippen molar-refractivity contribution in [2.45, 2.75) is 18.4 Å². The number of hydrogen-bond acceptors (Lipinski definition) is 4. The van der Waals surface area contributed by atoms with Gasteiger partial charge in [0, 0.05) is 18.8 Å². The zero-order valence-corrected chi connectivity index (χ0v) is 11.5. The van der Waals surface area contributed by atoms with Crippen molar-refractivity contribution < 1.29 is 9.53 Å². The van der Waals surface area contributed by atoms with Crippen LogP contribution in [0.25, 0.3) is 0 Å². The van der Waals surface area contributed by atoms with Crippen LogP contribution in [0.2, 0.25) is 0 Å². The molecule has 0 bridgehead atoms. The van der Waals surface area contributed by atoms with Gasteiger partial charge in [0.25, 0.3) is 0 Å². The summed E-state index contributed by atoms with van der Waals surface area (Å²) < 4.78 is 5.12. The molecule has 0 radical (unpaired) electrons.